The van der Waals surface area contributed by atoms with Crippen molar-refractivity contribution in [3.8, 4) is 5.75 Å². The van der Waals surface area contributed by atoms with E-state index >= 15 is 0 Å². The van der Waals surface area contributed by atoms with Gasteiger partial charge in [-0.05, 0) is 31.2 Å². The van der Waals surface area contributed by atoms with Crippen molar-refractivity contribution in [2.45, 2.75) is 19.6 Å². The lowest BCUT2D eigenvalue weighted by molar-refractivity contribution is -0.147. The van der Waals surface area contributed by atoms with Gasteiger partial charge in [-0.15, -0.1) is 11.3 Å². The molecule has 2 aromatic rings. The molecule has 1 saturated heterocycles. The van der Waals surface area contributed by atoms with Gasteiger partial charge in [0.15, 0.2) is 6.04 Å². The number of amides is 1. The lowest BCUT2D eigenvalue weighted by Gasteiger charge is -2.32. The van der Waals surface area contributed by atoms with Gasteiger partial charge < -0.3 is 19.5 Å². The Morgan fingerprint density at radius 2 is 2.15 bits per heavy atom. The number of thiazole rings is 1. The Hall–Kier alpha value is -2.16. The highest BCUT2D eigenvalue weighted by atomic mass is 35.5. The molecule has 0 unspecified atom stereocenters. The van der Waals surface area contributed by atoms with Crippen LogP contribution in [0.3, 0.4) is 0 Å². The molecule has 9 heteroatoms. The molecule has 1 N–H and O–H groups in total. The monoisotopic (exact) mass is 396 g/mol. The molecule has 138 valence electrons. The van der Waals surface area contributed by atoms with E-state index in [0.29, 0.717) is 33.0 Å². The SMILES string of the molecule is Cc1nc(COc2ccc(Cl)cc2)sc1C(=O)N1CCOC[C@@H]1C(=O)O. The molecule has 1 aromatic heterocycles. The number of nitrogens with zero attached hydrogens (tertiary/aromatic N) is 2. The van der Waals surface area contributed by atoms with E-state index in [-0.39, 0.29) is 25.7 Å². The first-order valence-corrected chi connectivity index (χ1v) is 9.11. The van der Waals surface area contributed by atoms with Crippen LogP contribution in [-0.4, -0.2) is 52.7 Å². The minimum Gasteiger partial charge on any atom is -0.486 e. The number of rotatable bonds is 5. The first-order valence-electron chi connectivity index (χ1n) is 7.92. The van der Waals surface area contributed by atoms with Crippen LogP contribution in [-0.2, 0) is 16.1 Å². The normalized spacial score (nSPS) is 17.2. The summed E-state index contributed by atoms with van der Waals surface area (Å²) >= 11 is 7.05. The van der Waals surface area contributed by atoms with Crippen LogP contribution in [0.2, 0.25) is 5.02 Å². The Labute approximate surface area is 159 Å². The van der Waals surface area contributed by atoms with Crippen molar-refractivity contribution in [1.82, 2.24) is 9.88 Å². The molecule has 0 spiro atoms. The maximum Gasteiger partial charge on any atom is 0.328 e. The predicted molar refractivity (Wildman–Crippen MR) is 95.9 cm³/mol. The van der Waals surface area contributed by atoms with Gasteiger partial charge in [0, 0.05) is 11.6 Å². The largest absolute Gasteiger partial charge is 0.486 e. The second kappa shape index (κ2) is 8.03. The number of carboxylic acids is 1. The number of benzene rings is 1. The number of hydrogen-bond acceptors (Lipinski definition) is 6. The molecule has 1 atom stereocenters. The van der Waals surface area contributed by atoms with E-state index in [9.17, 15) is 14.7 Å². The number of morpholine rings is 1. The second-order valence-electron chi connectivity index (χ2n) is 5.69. The fourth-order valence-electron chi connectivity index (χ4n) is 2.57. The van der Waals surface area contributed by atoms with Gasteiger partial charge in [0.25, 0.3) is 5.91 Å². The molecule has 0 bridgehead atoms. The third-order valence-corrected chi connectivity index (χ3v) is 5.26. The summed E-state index contributed by atoms with van der Waals surface area (Å²) in [7, 11) is 0. The lowest BCUT2D eigenvalue weighted by atomic mass is 10.2. The number of aliphatic carboxylic acids is 1. The van der Waals surface area contributed by atoms with Crippen molar-refractivity contribution >= 4 is 34.8 Å². The molecular formula is C17H17ClN2O5S. The van der Waals surface area contributed by atoms with Crippen molar-refractivity contribution in [1.29, 1.82) is 0 Å². The summed E-state index contributed by atoms with van der Waals surface area (Å²) in [5.41, 5.74) is 0.560. The summed E-state index contributed by atoms with van der Waals surface area (Å²) in [4.78, 5) is 30.3. The van der Waals surface area contributed by atoms with E-state index in [1.807, 2.05) is 0 Å². The lowest BCUT2D eigenvalue weighted by Crippen LogP contribution is -2.52. The molecule has 1 fully saturated rings. The molecule has 7 nitrogen and oxygen atoms in total. The van der Waals surface area contributed by atoms with E-state index in [1.165, 1.54) is 16.2 Å². The average molecular weight is 397 g/mol. The molecule has 26 heavy (non-hydrogen) atoms. The van der Waals surface area contributed by atoms with Crippen molar-refractivity contribution in [2.75, 3.05) is 19.8 Å². The Balaban J connectivity index is 1.71. The summed E-state index contributed by atoms with van der Waals surface area (Å²) in [5, 5.41) is 10.6. The molecule has 1 aliphatic rings. The molecule has 0 radical (unpaired) electrons. The molecule has 1 aliphatic heterocycles. The van der Waals surface area contributed by atoms with E-state index in [4.69, 9.17) is 21.1 Å². The second-order valence-corrected chi connectivity index (χ2v) is 7.21. The number of ether oxygens (including phenoxy) is 2. The van der Waals surface area contributed by atoms with Crippen LogP contribution in [0.5, 0.6) is 5.75 Å². The van der Waals surface area contributed by atoms with Crippen LogP contribution in [0.15, 0.2) is 24.3 Å². The number of carbonyl (C=O) groups is 2. The molecule has 0 saturated carbocycles. The summed E-state index contributed by atoms with van der Waals surface area (Å²) in [6, 6.07) is 5.97. The summed E-state index contributed by atoms with van der Waals surface area (Å²) in [6.07, 6.45) is 0. The first-order chi connectivity index (χ1) is 12.5. The molecular weight excluding hydrogens is 380 g/mol. The summed E-state index contributed by atoms with van der Waals surface area (Å²) in [6.45, 7) is 2.49. The maximum absolute atomic E-state index is 12.8. The van der Waals surface area contributed by atoms with Gasteiger partial charge in [-0.2, -0.15) is 0 Å². The van der Waals surface area contributed by atoms with Crippen molar-refractivity contribution in [3.63, 3.8) is 0 Å². The molecule has 1 aromatic carbocycles. The summed E-state index contributed by atoms with van der Waals surface area (Å²) in [5.74, 6) is -0.769. The first kappa shape index (κ1) is 18.6. The van der Waals surface area contributed by atoms with E-state index in [2.05, 4.69) is 4.98 Å². The van der Waals surface area contributed by atoms with Crippen LogP contribution in [0, 0.1) is 6.92 Å². The van der Waals surface area contributed by atoms with Crippen LogP contribution < -0.4 is 4.74 Å². The highest BCUT2D eigenvalue weighted by Crippen LogP contribution is 2.24. The fraction of sp³-hybridized carbons (Fsp3) is 0.353. The third-order valence-electron chi connectivity index (χ3n) is 3.89. The smallest absolute Gasteiger partial charge is 0.328 e. The van der Waals surface area contributed by atoms with Crippen molar-refractivity contribution in [2.24, 2.45) is 0 Å². The van der Waals surface area contributed by atoms with E-state index < -0.39 is 12.0 Å². The zero-order valence-corrected chi connectivity index (χ0v) is 15.5. The quantitative estimate of drug-likeness (QED) is 0.835. The molecule has 2 heterocycles. The maximum atomic E-state index is 12.8. The molecule has 3 rings (SSSR count). The zero-order valence-electron chi connectivity index (χ0n) is 14.0. The number of aryl methyl sites for hydroxylation is 1. The van der Waals surface area contributed by atoms with Crippen LogP contribution in [0.1, 0.15) is 20.4 Å². The van der Waals surface area contributed by atoms with Gasteiger partial charge in [-0.1, -0.05) is 11.6 Å². The number of carboxylic acid groups (broad SMARTS) is 1. The number of halogens is 1. The van der Waals surface area contributed by atoms with Crippen LogP contribution in [0.4, 0.5) is 0 Å². The van der Waals surface area contributed by atoms with Crippen molar-refractivity contribution in [3.05, 3.63) is 44.9 Å². The van der Waals surface area contributed by atoms with Crippen LogP contribution >= 0.6 is 22.9 Å². The summed E-state index contributed by atoms with van der Waals surface area (Å²) < 4.78 is 10.8. The minimum atomic E-state index is -1.08. The fourth-order valence-corrected chi connectivity index (χ4v) is 3.63. The Kier molecular flexibility index (Phi) is 5.75. The number of hydrogen-bond donors (Lipinski definition) is 1. The Morgan fingerprint density at radius 1 is 1.42 bits per heavy atom. The average Bonchev–Trinajstić information content (AvgIpc) is 3.01. The van der Waals surface area contributed by atoms with Gasteiger partial charge in [-0.3, -0.25) is 4.79 Å². The van der Waals surface area contributed by atoms with E-state index in [0.717, 1.165) is 0 Å². The third kappa shape index (κ3) is 4.14. The Bertz CT molecular complexity index is 808. The Morgan fingerprint density at radius 3 is 2.85 bits per heavy atom. The predicted octanol–water partition coefficient (Wildman–Crippen LogP) is 2.61. The van der Waals surface area contributed by atoms with Gasteiger partial charge in [-0.25, -0.2) is 9.78 Å². The highest BCUT2D eigenvalue weighted by molar-refractivity contribution is 7.13. The van der Waals surface area contributed by atoms with Crippen LogP contribution in [0.25, 0.3) is 0 Å². The highest BCUT2D eigenvalue weighted by Gasteiger charge is 2.34. The van der Waals surface area contributed by atoms with Gasteiger partial charge in [0.1, 0.15) is 22.2 Å². The van der Waals surface area contributed by atoms with Crippen molar-refractivity contribution < 1.29 is 24.2 Å². The number of carbonyl (C=O) groups excluding carboxylic acids is 1. The molecule has 0 aliphatic carbocycles. The van der Waals surface area contributed by atoms with Gasteiger partial charge in [0.05, 0.1) is 18.9 Å². The molecule has 1 amide bonds. The number of aromatic nitrogens is 1. The van der Waals surface area contributed by atoms with Gasteiger partial charge in [0.2, 0.25) is 0 Å². The zero-order chi connectivity index (χ0) is 18.7. The van der Waals surface area contributed by atoms with E-state index in [1.54, 1.807) is 31.2 Å². The minimum absolute atomic E-state index is 0.00847. The van der Waals surface area contributed by atoms with Gasteiger partial charge >= 0.3 is 5.97 Å². The topological polar surface area (TPSA) is 89.0 Å². The standard InChI is InChI=1S/C17H17ClN2O5S/c1-10-15(16(21)20-6-7-24-8-13(20)17(22)23)26-14(19-10)9-25-12-4-2-11(18)3-5-12/h2-5,13H,6-9H2,1H3,(H,22,23)/t13-/m1/s1.